The van der Waals surface area contributed by atoms with Crippen LogP contribution in [-0.4, -0.2) is 64.9 Å². The number of guanidine groups is 1. The second-order valence-electron chi connectivity index (χ2n) is 7.92. The molecular weight excluding hydrogens is 535 g/mol. The second kappa shape index (κ2) is 13.4. The Kier molecular flexibility index (Phi) is 10.9. The van der Waals surface area contributed by atoms with E-state index >= 15 is 0 Å². The van der Waals surface area contributed by atoms with Gasteiger partial charge >= 0.3 is 5.97 Å². The topological polar surface area (TPSA) is 93.9 Å². The van der Waals surface area contributed by atoms with E-state index in [1.165, 1.54) is 5.56 Å². The van der Waals surface area contributed by atoms with Crippen molar-refractivity contribution < 1.29 is 14.3 Å². The first kappa shape index (κ1) is 26.9. The molecule has 3 rings (SSSR count). The van der Waals surface area contributed by atoms with Gasteiger partial charge in [-0.3, -0.25) is 4.79 Å². The van der Waals surface area contributed by atoms with Crippen molar-refractivity contribution >= 4 is 35.9 Å². The van der Waals surface area contributed by atoms with Crippen molar-refractivity contribution in [2.45, 2.75) is 39.7 Å². The number of rotatable bonds is 8. The van der Waals surface area contributed by atoms with Crippen LogP contribution in [0.25, 0.3) is 0 Å². The fourth-order valence-electron chi connectivity index (χ4n) is 3.73. The van der Waals surface area contributed by atoms with Crippen molar-refractivity contribution in [2.24, 2.45) is 18.0 Å². The zero-order valence-corrected chi connectivity index (χ0v) is 22.2. The molecule has 1 saturated heterocycles. The highest BCUT2D eigenvalue weighted by Crippen LogP contribution is 2.18. The van der Waals surface area contributed by atoms with Crippen molar-refractivity contribution in [1.82, 2.24) is 25.0 Å². The molecular formula is C23H35IN6O3. The Morgan fingerprint density at radius 3 is 2.67 bits per heavy atom. The van der Waals surface area contributed by atoms with Crippen molar-refractivity contribution in [3.05, 3.63) is 41.5 Å². The summed E-state index contributed by atoms with van der Waals surface area (Å²) in [6.07, 6.45) is 2.61. The molecule has 0 bridgehead atoms. The largest absolute Gasteiger partial charge is 0.497 e. The SMILES string of the molecule is CCOC(=O)C1CCCN(C(=NCc2nnc(C)n2C)NCCc2ccc(OC)cc2)C1.I. The zero-order chi connectivity index (χ0) is 22.9. The Hall–Kier alpha value is -2.37. The monoisotopic (exact) mass is 570 g/mol. The molecule has 1 aromatic carbocycles. The summed E-state index contributed by atoms with van der Waals surface area (Å²) in [5, 5.41) is 11.8. The van der Waals surface area contributed by atoms with E-state index in [0.717, 1.165) is 55.7 Å². The summed E-state index contributed by atoms with van der Waals surface area (Å²) in [5.74, 6) is 3.03. The molecule has 1 aromatic heterocycles. The minimum atomic E-state index is -0.130. The van der Waals surface area contributed by atoms with Crippen molar-refractivity contribution in [3.8, 4) is 5.75 Å². The van der Waals surface area contributed by atoms with Gasteiger partial charge in [-0.15, -0.1) is 34.2 Å². The van der Waals surface area contributed by atoms with E-state index in [2.05, 4.69) is 32.5 Å². The molecule has 0 amide bonds. The predicted octanol–water partition coefficient (Wildman–Crippen LogP) is 2.71. The molecule has 182 valence electrons. The number of esters is 1. The third-order valence-electron chi connectivity index (χ3n) is 5.75. The number of carbonyl (C=O) groups excluding carboxylic acids is 1. The molecule has 1 N–H and O–H groups in total. The quantitative estimate of drug-likeness (QED) is 0.226. The van der Waals surface area contributed by atoms with Crippen LogP contribution in [0.15, 0.2) is 29.3 Å². The Morgan fingerprint density at radius 1 is 1.27 bits per heavy atom. The average molecular weight is 570 g/mol. The second-order valence-corrected chi connectivity index (χ2v) is 7.92. The van der Waals surface area contributed by atoms with Gasteiger partial charge in [0.05, 0.1) is 19.6 Å². The first-order valence-electron chi connectivity index (χ1n) is 11.2. The molecule has 33 heavy (non-hydrogen) atoms. The average Bonchev–Trinajstić information content (AvgIpc) is 3.14. The lowest BCUT2D eigenvalue weighted by molar-refractivity contribution is -0.149. The Bertz CT molecular complexity index is 915. The van der Waals surface area contributed by atoms with E-state index in [9.17, 15) is 4.79 Å². The Balaban J connectivity index is 0.00000385. The van der Waals surface area contributed by atoms with Crippen LogP contribution < -0.4 is 10.1 Å². The summed E-state index contributed by atoms with van der Waals surface area (Å²) in [6.45, 7) is 6.76. The summed E-state index contributed by atoms with van der Waals surface area (Å²) in [4.78, 5) is 19.3. The normalized spacial score (nSPS) is 16.2. The van der Waals surface area contributed by atoms with Gasteiger partial charge in [0.15, 0.2) is 11.8 Å². The van der Waals surface area contributed by atoms with Crippen LogP contribution in [0.4, 0.5) is 0 Å². The van der Waals surface area contributed by atoms with Crippen LogP contribution in [-0.2, 0) is 29.5 Å². The van der Waals surface area contributed by atoms with Crippen LogP contribution in [0.2, 0.25) is 0 Å². The maximum absolute atomic E-state index is 12.3. The number of aromatic nitrogens is 3. The number of aliphatic imine (C=N–C) groups is 1. The lowest BCUT2D eigenvalue weighted by atomic mass is 9.98. The molecule has 10 heteroatoms. The van der Waals surface area contributed by atoms with Crippen LogP contribution in [0.3, 0.4) is 0 Å². The molecule has 1 aliphatic rings. The number of hydrogen-bond donors (Lipinski definition) is 1. The summed E-state index contributed by atoms with van der Waals surface area (Å²) < 4.78 is 12.4. The van der Waals surface area contributed by atoms with E-state index in [-0.39, 0.29) is 35.9 Å². The molecule has 1 unspecified atom stereocenters. The van der Waals surface area contributed by atoms with Gasteiger partial charge in [0.2, 0.25) is 0 Å². The molecule has 0 radical (unpaired) electrons. The minimum absolute atomic E-state index is 0. The molecule has 0 saturated carbocycles. The molecule has 0 spiro atoms. The number of nitrogens with one attached hydrogen (secondary N) is 1. The van der Waals surface area contributed by atoms with Crippen molar-refractivity contribution in [2.75, 3.05) is 33.4 Å². The predicted molar refractivity (Wildman–Crippen MR) is 138 cm³/mol. The molecule has 0 aliphatic carbocycles. The minimum Gasteiger partial charge on any atom is -0.497 e. The highest BCUT2D eigenvalue weighted by molar-refractivity contribution is 14.0. The van der Waals surface area contributed by atoms with Gasteiger partial charge in [-0.1, -0.05) is 12.1 Å². The summed E-state index contributed by atoms with van der Waals surface area (Å²) in [6, 6.07) is 8.07. The molecule has 1 fully saturated rings. The van der Waals surface area contributed by atoms with Crippen LogP contribution >= 0.6 is 24.0 Å². The van der Waals surface area contributed by atoms with Gasteiger partial charge < -0.3 is 24.3 Å². The van der Waals surface area contributed by atoms with E-state index in [1.807, 2.05) is 37.6 Å². The number of ether oxygens (including phenoxy) is 2. The van der Waals surface area contributed by atoms with Crippen molar-refractivity contribution in [3.63, 3.8) is 0 Å². The zero-order valence-electron chi connectivity index (χ0n) is 19.9. The van der Waals surface area contributed by atoms with Gasteiger partial charge in [-0.2, -0.15) is 0 Å². The fraction of sp³-hybridized carbons (Fsp3) is 0.565. The van der Waals surface area contributed by atoms with Crippen LogP contribution in [0.1, 0.15) is 37.0 Å². The number of halogens is 1. The van der Waals surface area contributed by atoms with Crippen LogP contribution in [0, 0.1) is 12.8 Å². The molecule has 2 heterocycles. The summed E-state index contributed by atoms with van der Waals surface area (Å²) in [5.41, 5.74) is 1.21. The van der Waals surface area contributed by atoms with E-state index in [4.69, 9.17) is 14.5 Å². The Morgan fingerprint density at radius 2 is 2.03 bits per heavy atom. The van der Waals surface area contributed by atoms with Crippen molar-refractivity contribution in [1.29, 1.82) is 0 Å². The number of nitrogens with zero attached hydrogens (tertiary/aromatic N) is 5. The van der Waals surface area contributed by atoms with Gasteiger partial charge in [-0.25, -0.2) is 4.99 Å². The Labute approximate surface area is 213 Å². The van der Waals surface area contributed by atoms with Crippen LogP contribution in [0.5, 0.6) is 5.75 Å². The van der Waals surface area contributed by atoms with E-state index in [0.29, 0.717) is 19.7 Å². The number of carbonyl (C=O) groups is 1. The summed E-state index contributed by atoms with van der Waals surface area (Å²) >= 11 is 0. The standard InChI is InChI=1S/C23H34N6O3.HI/c1-5-32-22(30)19-7-6-14-29(16-19)23(25-15-21-27-26-17(2)28(21)3)24-13-12-18-8-10-20(31-4)11-9-18;/h8-11,19H,5-7,12-16H2,1-4H3,(H,24,25);1H. The lowest BCUT2D eigenvalue weighted by Gasteiger charge is -2.34. The smallest absolute Gasteiger partial charge is 0.310 e. The molecule has 1 aliphatic heterocycles. The number of aryl methyl sites for hydroxylation is 1. The van der Waals surface area contributed by atoms with Gasteiger partial charge in [0.25, 0.3) is 0 Å². The highest BCUT2D eigenvalue weighted by Gasteiger charge is 2.28. The van der Waals surface area contributed by atoms with E-state index in [1.54, 1.807) is 7.11 Å². The first-order chi connectivity index (χ1) is 15.5. The lowest BCUT2D eigenvalue weighted by Crippen LogP contribution is -2.48. The molecule has 1 atom stereocenters. The number of piperidine rings is 1. The van der Waals surface area contributed by atoms with Gasteiger partial charge in [-0.05, 0) is 50.8 Å². The maximum atomic E-state index is 12.3. The van der Waals surface area contributed by atoms with Gasteiger partial charge in [0.1, 0.15) is 18.1 Å². The highest BCUT2D eigenvalue weighted by atomic mass is 127. The number of hydrogen-bond acceptors (Lipinski definition) is 6. The number of methoxy groups -OCH3 is 1. The number of benzene rings is 1. The van der Waals surface area contributed by atoms with E-state index < -0.39 is 0 Å². The molecule has 2 aromatic rings. The fourth-order valence-corrected chi connectivity index (χ4v) is 3.73. The maximum Gasteiger partial charge on any atom is 0.310 e. The summed E-state index contributed by atoms with van der Waals surface area (Å²) in [7, 11) is 3.61. The number of likely N-dealkylation sites (tertiary alicyclic amines) is 1. The molecule has 9 nitrogen and oxygen atoms in total. The third-order valence-corrected chi connectivity index (χ3v) is 5.75. The first-order valence-corrected chi connectivity index (χ1v) is 11.2. The van der Waals surface area contributed by atoms with Gasteiger partial charge in [0, 0.05) is 26.7 Å². The third kappa shape index (κ3) is 7.58.